The Bertz CT molecular complexity index is 953. The van der Waals surface area contributed by atoms with Crippen molar-refractivity contribution < 1.29 is 9.53 Å². The standard InChI is InChI=1S/C21H19ClN2O2S/c22-16-5-3-4-15(10-16)12-26-19-7-2-1-6-17(19)21-24-18(13-27-21)20(25)23-11-14-8-9-14/h1-7,10,13-14H,8-9,11-12H2,(H,23,25). The maximum absolute atomic E-state index is 12.2. The van der Waals surface area contributed by atoms with Gasteiger partial charge >= 0.3 is 0 Å². The van der Waals surface area contributed by atoms with E-state index in [1.165, 1.54) is 24.2 Å². The van der Waals surface area contributed by atoms with Crippen molar-refractivity contribution in [1.29, 1.82) is 0 Å². The average Bonchev–Trinajstić information content (AvgIpc) is 3.39. The Kier molecular flexibility index (Phi) is 5.41. The van der Waals surface area contributed by atoms with E-state index in [-0.39, 0.29) is 5.91 Å². The fourth-order valence-corrected chi connectivity index (χ4v) is 3.75. The van der Waals surface area contributed by atoms with Gasteiger partial charge in [-0.15, -0.1) is 11.3 Å². The molecule has 1 saturated carbocycles. The van der Waals surface area contributed by atoms with Crippen molar-refractivity contribution in [1.82, 2.24) is 10.3 Å². The van der Waals surface area contributed by atoms with E-state index >= 15 is 0 Å². The summed E-state index contributed by atoms with van der Waals surface area (Å²) in [5, 5.41) is 6.21. The van der Waals surface area contributed by atoms with Crippen LogP contribution >= 0.6 is 22.9 Å². The minimum absolute atomic E-state index is 0.110. The lowest BCUT2D eigenvalue weighted by Gasteiger charge is -2.10. The number of benzene rings is 2. The average molecular weight is 399 g/mol. The topological polar surface area (TPSA) is 51.2 Å². The molecule has 1 heterocycles. The van der Waals surface area contributed by atoms with Crippen molar-refractivity contribution in [3.05, 3.63) is 70.2 Å². The smallest absolute Gasteiger partial charge is 0.270 e. The van der Waals surface area contributed by atoms with E-state index in [2.05, 4.69) is 10.3 Å². The van der Waals surface area contributed by atoms with Crippen LogP contribution in [-0.4, -0.2) is 17.4 Å². The van der Waals surface area contributed by atoms with Crippen LogP contribution in [0.4, 0.5) is 0 Å². The number of aromatic nitrogens is 1. The zero-order valence-corrected chi connectivity index (χ0v) is 16.2. The van der Waals surface area contributed by atoms with E-state index in [0.717, 1.165) is 28.4 Å². The minimum atomic E-state index is -0.110. The molecule has 1 aliphatic carbocycles. The summed E-state index contributed by atoms with van der Waals surface area (Å²) in [7, 11) is 0. The van der Waals surface area contributed by atoms with Crippen molar-refractivity contribution in [2.24, 2.45) is 5.92 Å². The molecule has 0 spiro atoms. The molecule has 0 aliphatic heterocycles. The number of carbonyl (C=O) groups excluding carboxylic acids is 1. The van der Waals surface area contributed by atoms with Crippen LogP contribution < -0.4 is 10.1 Å². The SMILES string of the molecule is O=C(NCC1CC1)c1csc(-c2ccccc2OCc2cccc(Cl)c2)n1. The van der Waals surface area contributed by atoms with E-state index in [1.807, 2.05) is 48.5 Å². The summed E-state index contributed by atoms with van der Waals surface area (Å²) in [6.07, 6.45) is 2.42. The summed E-state index contributed by atoms with van der Waals surface area (Å²) in [6.45, 7) is 1.16. The van der Waals surface area contributed by atoms with Crippen LogP contribution in [0.3, 0.4) is 0 Å². The van der Waals surface area contributed by atoms with E-state index in [1.54, 1.807) is 5.38 Å². The first-order valence-corrected chi connectivity index (χ1v) is 10.1. The van der Waals surface area contributed by atoms with Gasteiger partial charge in [0, 0.05) is 16.9 Å². The molecule has 138 valence electrons. The highest BCUT2D eigenvalue weighted by molar-refractivity contribution is 7.13. The Morgan fingerprint density at radius 1 is 1.22 bits per heavy atom. The summed E-state index contributed by atoms with van der Waals surface area (Å²) < 4.78 is 6.00. The number of hydrogen-bond donors (Lipinski definition) is 1. The van der Waals surface area contributed by atoms with Crippen LogP contribution in [0.25, 0.3) is 10.6 Å². The Balaban J connectivity index is 1.48. The van der Waals surface area contributed by atoms with E-state index in [9.17, 15) is 4.79 Å². The number of hydrogen-bond acceptors (Lipinski definition) is 4. The van der Waals surface area contributed by atoms with Crippen molar-refractivity contribution >= 4 is 28.8 Å². The summed E-state index contributed by atoms with van der Waals surface area (Å²) in [6, 6.07) is 15.3. The number of para-hydroxylation sites is 1. The molecule has 0 saturated heterocycles. The predicted molar refractivity (Wildman–Crippen MR) is 108 cm³/mol. The Labute approximate surface area is 167 Å². The van der Waals surface area contributed by atoms with Gasteiger partial charge in [-0.3, -0.25) is 4.79 Å². The van der Waals surface area contributed by atoms with Gasteiger partial charge in [-0.2, -0.15) is 0 Å². The molecule has 1 N–H and O–H groups in total. The van der Waals surface area contributed by atoms with Crippen LogP contribution in [0.15, 0.2) is 53.9 Å². The summed E-state index contributed by atoms with van der Waals surface area (Å²) in [4.78, 5) is 16.8. The second kappa shape index (κ2) is 8.11. The maximum Gasteiger partial charge on any atom is 0.270 e. The van der Waals surface area contributed by atoms with Crippen molar-refractivity contribution in [3.63, 3.8) is 0 Å². The van der Waals surface area contributed by atoms with E-state index in [4.69, 9.17) is 16.3 Å². The fourth-order valence-electron chi connectivity index (χ4n) is 2.71. The second-order valence-electron chi connectivity index (χ2n) is 6.61. The quantitative estimate of drug-likeness (QED) is 0.596. The number of amides is 1. The number of halogens is 1. The Morgan fingerprint density at radius 3 is 2.89 bits per heavy atom. The van der Waals surface area contributed by atoms with Gasteiger partial charge < -0.3 is 10.1 Å². The van der Waals surface area contributed by atoms with Gasteiger partial charge in [-0.05, 0) is 48.6 Å². The number of rotatable bonds is 7. The zero-order chi connectivity index (χ0) is 18.6. The normalized spacial score (nSPS) is 13.4. The van der Waals surface area contributed by atoms with Crippen molar-refractivity contribution in [2.45, 2.75) is 19.4 Å². The zero-order valence-electron chi connectivity index (χ0n) is 14.7. The molecule has 27 heavy (non-hydrogen) atoms. The number of nitrogens with one attached hydrogen (secondary N) is 1. The van der Waals surface area contributed by atoms with Crippen LogP contribution in [0.1, 0.15) is 28.9 Å². The first-order valence-electron chi connectivity index (χ1n) is 8.89. The fraction of sp³-hybridized carbons (Fsp3) is 0.238. The molecule has 4 nitrogen and oxygen atoms in total. The molecule has 1 aromatic heterocycles. The number of thiazole rings is 1. The van der Waals surface area contributed by atoms with Gasteiger partial charge in [0.2, 0.25) is 0 Å². The van der Waals surface area contributed by atoms with Gasteiger partial charge in [0.05, 0.1) is 5.56 Å². The lowest BCUT2D eigenvalue weighted by molar-refractivity contribution is 0.0947. The third-order valence-electron chi connectivity index (χ3n) is 4.39. The van der Waals surface area contributed by atoms with Crippen molar-refractivity contribution in [3.8, 4) is 16.3 Å². The van der Waals surface area contributed by atoms with E-state index < -0.39 is 0 Å². The molecule has 3 aromatic rings. The van der Waals surface area contributed by atoms with Crippen molar-refractivity contribution in [2.75, 3.05) is 6.54 Å². The molecule has 4 rings (SSSR count). The monoisotopic (exact) mass is 398 g/mol. The molecule has 6 heteroatoms. The minimum Gasteiger partial charge on any atom is -0.488 e. The summed E-state index contributed by atoms with van der Waals surface area (Å²) in [5.74, 6) is 1.27. The van der Waals surface area contributed by atoms with Gasteiger partial charge in [-0.25, -0.2) is 4.98 Å². The third-order valence-corrected chi connectivity index (χ3v) is 5.50. The molecular weight excluding hydrogens is 380 g/mol. The Hall–Kier alpha value is -2.37. The van der Waals surface area contributed by atoms with Crippen LogP contribution in [-0.2, 0) is 6.61 Å². The van der Waals surface area contributed by atoms with E-state index in [0.29, 0.717) is 23.2 Å². The molecule has 0 unspecified atom stereocenters. The molecule has 1 fully saturated rings. The highest BCUT2D eigenvalue weighted by Crippen LogP contribution is 2.33. The van der Waals surface area contributed by atoms with Gasteiger partial charge in [-0.1, -0.05) is 35.9 Å². The largest absolute Gasteiger partial charge is 0.488 e. The lowest BCUT2D eigenvalue weighted by atomic mass is 10.2. The summed E-state index contributed by atoms with van der Waals surface area (Å²) >= 11 is 7.48. The van der Waals surface area contributed by atoms with Gasteiger partial charge in [0.15, 0.2) is 0 Å². The molecule has 0 bridgehead atoms. The Morgan fingerprint density at radius 2 is 2.07 bits per heavy atom. The third kappa shape index (κ3) is 4.67. The molecule has 1 amide bonds. The number of ether oxygens (including phenoxy) is 1. The summed E-state index contributed by atoms with van der Waals surface area (Å²) in [5.41, 5.74) is 2.34. The highest BCUT2D eigenvalue weighted by atomic mass is 35.5. The first-order chi connectivity index (χ1) is 13.2. The van der Waals surface area contributed by atoms with Gasteiger partial charge in [0.1, 0.15) is 23.1 Å². The second-order valence-corrected chi connectivity index (χ2v) is 7.90. The number of carbonyl (C=O) groups is 1. The van der Waals surface area contributed by atoms with Crippen LogP contribution in [0.2, 0.25) is 5.02 Å². The molecular formula is C21H19ClN2O2S. The molecule has 1 aliphatic rings. The lowest BCUT2D eigenvalue weighted by Crippen LogP contribution is -2.25. The molecule has 2 aromatic carbocycles. The van der Waals surface area contributed by atoms with Crippen LogP contribution in [0.5, 0.6) is 5.75 Å². The predicted octanol–water partition coefficient (Wildman–Crippen LogP) is 5.18. The van der Waals surface area contributed by atoms with Crippen LogP contribution in [0, 0.1) is 5.92 Å². The number of nitrogens with zero attached hydrogens (tertiary/aromatic N) is 1. The highest BCUT2D eigenvalue weighted by Gasteiger charge is 2.22. The van der Waals surface area contributed by atoms with Gasteiger partial charge in [0.25, 0.3) is 5.91 Å². The molecule has 0 radical (unpaired) electrons. The first kappa shape index (κ1) is 18.0. The maximum atomic E-state index is 12.2. The molecule has 0 atom stereocenters.